The summed E-state index contributed by atoms with van der Waals surface area (Å²) in [5.41, 5.74) is 0. The van der Waals surface area contributed by atoms with E-state index in [4.69, 9.17) is 4.42 Å². The van der Waals surface area contributed by atoms with Crippen LogP contribution in [0, 0.1) is 0 Å². The molecule has 0 saturated carbocycles. The number of sulfonamides is 1. The number of carbonyl (C=O) groups excluding carboxylic acids is 1. The first-order chi connectivity index (χ1) is 11.0. The quantitative estimate of drug-likeness (QED) is 0.809. The van der Waals surface area contributed by atoms with E-state index < -0.39 is 10.0 Å². The molecule has 0 bridgehead atoms. The number of nitrogens with zero attached hydrogens (tertiary/aromatic N) is 1. The van der Waals surface area contributed by atoms with Crippen LogP contribution in [0.15, 0.2) is 37.6 Å². The first kappa shape index (κ1) is 16.7. The molecule has 1 aliphatic rings. The molecule has 23 heavy (non-hydrogen) atoms. The Kier molecular flexibility index (Phi) is 4.90. The van der Waals surface area contributed by atoms with Crippen LogP contribution < -0.4 is 5.32 Å². The van der Waals surface area contributed by atoms with Crippen LogP contribution >= 0.6 is 27.3 Å². The predicted octanol–water partition coefficient (Wildman–Crippen LogP) is 2.82. The average Bonchev–Trinajstić information content (AvgIpc) is 3.25. The van der Waals surface area contributed by atoms with Gasteiger partial charge in [-0.25, -0.2) is 8.42 Å². The zero-order valence-corrected chi connectivity index (χ0v) is 15.3. The Morgan fingerprint density at radius 1 is 1.26 bits per heavy atom. The van der Waals surface area contributed by atoms with E-state index in [0.29, 0.717) is 22.0 Å². The molecule has 124 valence electrons. The molecule has 0 aliphatic carbocycles. The van der Waals surface area contributed by atoms with Gasteiger partial charge in [-0.2, -0.15) is 4.31 Å². The molecule has 1 amide bonds. The summed E-state index contributed by atoms with van der Waals surface area (Å²) in [6.07, 6.45) is 1.82. The van der Waals surface area contributed by atoms with Crippen LogP contribution in [0.5, 0.6) is 0 Å². The molecule has 3 heterocycles. The second kappa shape index (κ2) is 6.76. The molecule has 2 aromatic rings. The molecule has 0 aromatic carbocycles. The highest BCUT2D eigenvalue weighted by Gasteiger charge is 2.28. The Bertz CT molecular complexity index is 806. The third-order valence-corrected chi connectivity index (χ3v) is 7.39. The number of hydrogen-bond donors (Lipinski definition) is 1. The molecule has 0 radical (unpaired) electrons. The monoisotopic (exact) mass is 418 g/mol. The summed E-state index contributed by atoms with van der Waals surface area (Å²) in [6.45, 7) is 1.43. The molecule has 1 saturated heterocycles. The molecule has 1 aliphatic heterocycles. The molecular formula is C14H15BrN2O4S2. The number of nitrogens with one attached hydrogen (secondary N) is 1. The van der Waals surface area contributed by atoms with Crippen molar-refractivity contribution in [2.75, 3.05) is 13.1 Å². The summed E-state index contributed by atoms with van der Waals surface area (Å²) in [4.78, 5) is 12.7. The van der Waals surface area contributed by atoms with Gasteiger partial charge >= 0.3 is 0 Å². The molecule has 3 rings (SSSR count). The zero-order valence-electron chi connectivity index (χ0n) is 12.1. The third-order valence-electron chi connectivity index (χ3n) is 3.52. The Morgan fingerprint density at radius 2 is 2.00 bits per heavy atom. The van der Waals surface area contributed by atoms with Gasteiger partial charge in [-0.05, 0) is 53.0 Å². The number of carbonyl (C=O) groups is 1. The van der Waals surface area contributed by atoms with Gasteiger partial charge in [0.15, 0.2) is 10.4 Å². The van der Waals surface area contributed by atoms with Gasteiger partial charge < -0.3 is 9.73 Å². The SMILES string of the molecule is O=C(NCc1ccc(S(=O)(=O)N2CCCC2)s1)c1ccc(Br)o1. The first-order valence-electron chi connectivity index (χ1n) is 7.09. The van der Waals surface area contributed by atoms with Gasteiger partial charge in [0.1, 0.15) is 4.21 Å². The van der Waals surface area contributed by atoms with Crippen molar-refractivity contribution in [2.24, 2.45) is 0 Å². The van der Waals surface area contributed by atoms with Crippen LogP contribution in [0.3, 0.4) is 0 Å². The van der Waals surface area contributed by atoms with E-state index in [0.717, 1.165) is 17.7 Å². The maximum atomic E-state index is 12.4. The largest absolute Gasteiger partial charge is 0.444 e. The minimum absolute atomic E-state index is 0.207. The second-order valence-corrected chi connectivity index (χ2v) is 9.23. The van der Waals surface area contributed by atoms with Gasteiger partial charge in [0, 0.05) is 18.0 Å². The average molecular weight is 419 g/mol. The van der Waals surface area contributed by atoms with E-state index in [-0.39, 0.29) is 18.2 Å². The number of rotatable bonds is 5. The van der Waals surface area contributed by atoms with Gasteiger partial charge in [-0.3, -0.25) is 4.79 Å². The number of halogens is 1. The van der Waals surface area contributed by atoms with Gasteiger partial charge in [0.2, 0.25) is 0 Å². The first-order valence-corrected chi connectivity index (χ1v) is 10.1. The highest BCUT2D eigenvalue weighted by molar-refractivity contribution is 9.10. The van der Waals surface area contributed by atoms with Crippen molar-refractivity contribution >= 4 is 43.2 Å². The summed E-state index contributed by atoms with van der Waals surface area (Å²) < 4.78 is 32.4. The highest BCUT2D eigenvalue weighted by atomic mass is 79.9. The molecule has 0 spiro atoms. The minimum Gasteiger partial charge on any atom is -0.444 e. The molecule has 0 atom stereocenters. The number of hydrogen-bond acceptors (Lipinski definition) is 5. The van der Waals surface area contributed by atoms with E-state index in [1.165, 1.54) is 15.6 Å². The summed E-state index contributed by atoms with van der Waals surface area (Å²) in [5, 5.41) is 2.71. The Hall–Kier alpha value is -1.16. The third kappa shape index (κ3) is 3.68. The fourth-order valence-electron chi connectivity index (χ4n) is 2.34. The standard InChI is InChI=1S/C14H15BrN2O4S2/c15-12-5-4-11(21-12)14(18)16-9-10-3-6-13(22-10)23(19,20)17-7-1-2-8-17/h3-6H,1-2,7-9H2,(H,16,18). The normalized spacial score (nSPS) is 15.9. The van der Waals surface area contributed by atoms with E-state index in [1.54, 1.807) is 24.3 Å². The second-order valence-electron chi connectivity index (χ2n) is 5.12. The topological polar surface area (TPSA) is 79.6 Å². The molecule has 0 unspecified atom stereocenters. The fourth-order valence-corrected chi connectivity index (χ4v) is 5.61. The van der Waals surface area contributed by atoms with Crippen LogP contribution in [-0.4, -0.2) is 31.7 Å². The van der Waals surface area contributed by atoms with E-state index >= 15 is 0 Å². The summed E-state index contributed by atoms with van der Waals surface area (Å²) in [7, 11) is -3.39. The van der Waals surface area contributed by atoms with E-state index in [2.05, 4.69) is 21.2 Å². The fraction of sp³-hybridized carbons (Fsp3) is 0.357. The van der Waals surface area contributed by atoms with Crippen molar-refractivity contribution in [1.82, 2.24) is 9.62 Å². The van der Waals surface area contributed by atoms with Gasteiger partial charge in [0.05, 0.1) is 6.54 Å². The molecule has 2 aromatic heterocycles. The molecule has 1 N–H and O–H groups in total. The maximum Gasteiger partial charge on any atom is 0.287 e. The smallest absolute Gasteiger partial charge is 0.287 e. The Balaban J connectivity index is 1.64. The molecule has 6 nitrogen and oxygen atoms in total. The number of furan rings is 1. The van der Waals surface area contributed by atoms with Gasteiger partial charge in [-0.15, -0.1) is 11.3 Å². The van der Waals surface area contributed by atoms with Crippen LogP contribution in [-0.2, 0) is 16.6 Å². The Morgan fingerprint density at radius 3 is 2.65 bits per heavy atom. The van der Waals surface area contributed by atoms with Crippen molar-refractivity contribution in [3.05, 3.63) is 39.6 Å². The summed E-state index contributed by atoms with van der Waals surface area (Å²) in [6, 6.07) is 6.53. The van der Waals surface area contributed by atoms with Crippen LogP contribution in [0.2, 0.25) is 0 Å². The molecular weight excluding hydrogens is 404 g/mol. The van der Waals surface area contributed by atoms with Crippen molar-refractivity contribution in [2.45, 2.75) is 23.6 Å². The molecule has 9 heteroatoms. The van der Waals surface area contributed by atoms with Crippen molar-refractivity contribution in [1.29, 1.82) is 0 Å². The molecule has 1 fully saturated rings. The lowest BCUT2D eigenvalue weighted by molar-refractivity contribution is 0.0922. The number of thiophene rings is 1. The van der Waals surface area contributed by atoms with Crippen molar-refractivity contribution in [3.8, 4) is 0 Å². The lowest BCUT2D eigenvalue weighted by Crippen LogP contribution is -2.27. The lowest BCUT2D eigenvalue weighted by atomic mass is 10.4. The van der Waals surface area contributed by atoms with Crippen molar-refractivity contribution in [3.63, 3.8) is 0 Å². The van der Waals surface area contributed by atoms with Crippen LogP contribution in [0.25, 0.3) is 0 Å². The maximum absolute atomic E-state index is 12.4. The lowest BCUT2D eigenvalue weighted by Gasteiger charge is -2.13. The highest BCUT2D eigenvalue weighted by Crippen LogP contribution is 2.27. The van der Waals surface area contributed by atoms with E-state index in [1.807, 2.05) is 0 Å². The number of amides is 1. The van der Waals surface area contributed by atoms with Crippen LogP contribution in [0.1, 0.15) is 28.3 Å². The van der Waals surface area contributed by atoms with Crippen molar-refractivity contribution < 1.29 is 17.6 Å². The van der Waals surface area contributed by atoms with Crippen LogP contribution in [0.4, 0.5) is 0 Å². The summed E-state index contributed by atoms with van der Waals surface area (Å²) in [5.74, 6) is -0.133. The van der Waals surface area contributed by atoms with E-state index in [9.17, 15) is 13.2 Å². The Labute approximate surface area is 146 Å². The minimum atomic E-state index is -3.39. The zero-order chi connectivity index (χ0) is 16.4. The van der Waals surface area contributed by atoms with Gasteiger partial charge in [0.25, 0.3) is 15.9 Å². The summed E-state index contributed by atoms with van der Waals surface area (Å²) >= 11 is 4.32. The predicted molar refractivity (Wildman–Crippen MR) is 89.9 cm³/mol. The van der Waals surface area contributed by atoms with Gasteiger partial charge in [-0.1, -0.05) is 0 Å².